The van der Waals surface area contributed by atoms with Crippen LogP contribution in [0.4, 0.5) is 0 Å². The van der Waals surface area contributed by atoms with Crippen molar-refractivity contribution in [2.45, 2.75) is 64.2 Å². The van der Waals surface area contributed by atoms with Crippen molar-refractivity contribution in [3.63, 3.8) is 0 Å². The molecule has 0 aliphatic heterocycles. The second-order valence-electron chi connectivity index (χ2n) is 6.88. The minimum Gasteiger partial charge on any atom is -0.214 e. The second-order valence-corrected chi connectivity index (χ2v) is 6.88. The summed E-state index contributed by atoms with van der Waals surface area (Å²) < 4.78 is 0. The first-order valence-electron chi connectivity index (χ1n) is 9.79. The van der Waals surface area contributed by atoms with E-state index in [4.69, 9.17) is 0 Å². The van der Waals surface area contributed by atoms with Crippen molar-refractivity contribution in [1.82, 2.24) is 0 Å². The summed E-state index contributed by atoms with van der Waals surface area (Å²) >= 11 is 0. The molecule has 136 valence electrons. The third kappa shape index (κ3) is 11.2. The maximum absolute atomic E-state index is 3.54. The molecule has 2 aromatic rings. The molecule has 0 heterocycles. The van der Waals surface area contributed by atoms with Crippen LogP contribution >= 0.6 is 0 Å². The van der Waals surface area contributed by atoms with Gasteiger partial charge < -0.3 is 0 Å². The third-order valence-electron chi connectivity index (χ3n) is 4.81. The second kappa shape index (κ2) is 15.2. The molecule has 2 saturated carbocycles. The van der Waals surface area contributed by atoms with E-state index < -0.39 is 0 Å². The Morgan fingerprint density at radius 1 is 0.520 bits per heavy atom. The van der Waals surface area contributed by atoms with Gasteiger partial charge in [-0.05, 0) is 25.7 Å². The van der Waals surface area contributed by atoms with Crippen molar-refractivity contribution in [1.29, 1.82) is 0 Å². The van der Waals surface area contributed by atoms with Gasteiger partial charge in [0.2, 0.25) is 0 Å². The van der Waals surface area contributed by atoms with Crippen LogP contribution in [-0.2, 0) is 21.1 Å². The van der Waals surface area contributed by atoms with E-state index in [1.54, 1.807) is 0 Å². The van der Waals surface area contributed by atoms with Gasteiger partial charge in [0.05, 0.1) is 0 Å². The Morgan fingerprint density at radius 3 is 1.08 bits per heavy atom. The number of rotatable bonds is 0. The molecule has 0 unspecified atom stereocenters. The van der Waals surface area contributed by atoms with Crippen LogP contribution in [0.3, 0.4) is 0 Å². The summed E-state index contributed by atoms with van der Waals surface area (Å²) in [7, 11) is 0. The minimum absolute atomic E-state index is 0. The van der Waals surface area contributed by atoms with Crippen LogP contribution in [0.5, 0.6) is 0 Å². The summed E-state index contributed by atoms with van der Waals surface area (Å²) in [6.45, 7) is 0. The molecule has 0 spiro atoms. The van der Waals surface area contributed by atoms with Crippen LogP contribution in [0.1, 0.15) is 64.2 Å². The van der Waals surface area contributed by atoms with Crippen molar-refractivity contribution in [3.8, 4) is 11.8 Å². The molecule has 2 aromatic carbocycles. The van der Waals surface area contributed by atoms with Gasteiger partial charge in [0, 0.05) is 32.9 Å². The molecule has 0 amide bonds. The van der Waals surface area contributed by atoms with Crippen LogP contribution < -0.4 is 0 Å². The fraction of sp³-hybridized carbons (Fsp3) is 0.500. The Morgan fingerprint density at radius 2 is 0.840 bits per heavy atom. The summed E-state index contributed by atoms with van der Waals surface area (Å²) in [5, 5.41) is 0. The predicted octanol–water partition coefficient (Wildman–Crippen LogP) is 6.96. The van der Waals surface area contributed by atoms with Crippen molar-refractivity contribution < 1.29 is 21.1 Å². The molecule has 0 aromatic heterocycles. The molecule has 0 bridgehead atoms. The van der Waals surface area contributed by atoms with Gasteiger partial charge in [0.25, 0.3) is 0 Å². The van der Waals surface area contributed by atoms with Crippen molar-refractivity contribution >= 4 is 0 Å². The van der Waals surface area contributed by atoms with Crippen LogP contribution in [0, 0.1) is 23.7 Å². The molecule has 1 heteroatoms. The zero-order valence-electron chi connectivity index (χ0n) is 15.4. The van der Waals surface area contributed by atoms with Crippen molar-refractivity contribution in [2.24, 2.45) is 11.8 Å². The van der Waals surface area contributed by atoms with Gasteiger partial charge in [0.15, 0.2) is 0 Å². The van der Waals surface area contributed by atoms with Gasteiger partial charge in [0.1, 0.15) is 0 Å². The fourth-order valence-corrected chi connectivity index (χ4v) is 3.37. The Balaban J connectivity index is 0.000000233. The Bertz CT molecular complexity index is 432. The molecule has 0 saturated heterocycles. The van der Waals surface area contributed by atoms with Crippen molar-refractivity contribution in [3.05, 3.63) is 60.7 Å². The normalized spacial score (nSPS) is 17.4. The quantitative estimate of drug-likeness (QED) is 0.247. The van der Waals surface area contributed by atoms with Gasteiger partial charge in [-0.3, -0.25) is 0 Å². The van der Waals surface area contributed by atoms with E-state index in [-0.39, 0.29) is 21.1 Å². The van der Waals surface area contributed by atoms with E-state index in [0.717, 1.165) is 11.8 Å². The molecular weight excluding hydrogens is 384 g/mol. The Labute approximate surface area is 169 Å². The van der Waals surface area contributed by atoms with E-state index >= 15 is 0 Å². The molecule has 0 N–H and O–H groups in total. The van der Waals surface area contributed by atoms with Gasteiger partial charge >= 0.3 is 0 Å². The predicted molar refractivity (Wildman–Crippen MR) is 105 cm³/mol. The van der Waals surface area contributed by atoms with E-state index in [0.29, 0.717) is 0 Å². The largest absolute Gasteiger partial charge is 0.214 e. The maximum atomic E-state index is 3.54. The zero-order chi connectivity index (χ0) is 16.7. The fourth-order valence-electron chi connectivity index (χ4n) is 3.37. The maximum Gasteiger partial charge on any atom is 0.0203 e. The van der Waals surface area contributed by atoms with Crippen LogP contribution in [0.15, 0.2) is 60.7 Å². The van der Waals surface area contributed by atoms with E-state index in [9.17, 15) is 0 Å². The summed E-state index contributed by atoms with van der Waals surface area (Å²) in [5.74, 6) is 8.59. The van der Waals surface area contributed by atoms with Gasteiger partial charge in [-0.2, -0.15) is 36.4 Å². The average molecular weight is 416 g/mol. The van der Waals surface area contributed by atoms with Gasteiger partial charge in [-0.1, -0.05) is 50.4 Å². The minimum atomic E-state index is 0. The SMILES string of the molecule is C(#CC1CCCCC1)C1CCCCC1.[Mo].c1cc[cH-]c1.c1cc[cH-]c1. The molecule has 2 aliphatic carbocycles. The molecular formula is C24H32Mo-2. The van der Waals surface area contributed by atoms with E-state index in [2.05, 4.69) is 11.8 Å². The zero-order valence-corrected chi connectivity index (χ0v) is 17.4. The summed E-state index contributed by atoms with van der Waals surface area (Å²) in [6.07, 6.45) is 14.1. The Kier molecular flexibility index (Phi) is 13.4. The standard InChI is InChI=1S/C14H22.2C5H5.Mo/c1-3-7-13(8-4-1)11-12-14-9-5-2-6-10-14;2*1-2-4-5-3-1;/h13-14H,1-10H2;2*1-5H;/q;2*-1;. The van der Waals surface area contributed by atoms with Crippen LogP contribution in [0.2, 0.25) is 0 Å². The molecule has 0 atom stereocenters. The first-order valence-corrected chi connectivity index (χ1v) is 9.79. The van der Waals surface area contributed by atoms with Crippen molar-refractivity contribution in [2.75, 3.05) is 0 Å². The first kappa shape index (κ1) is 22.0. The topological polar surface area (TPSA) is 0 Å². The first-order chi connectivity index (χ1) is 11.9. The smallest absolute Gasteiger partial charge is 0.0203 e. The van der Waals surface area contributed by atoms with Crippen LogP contribution in [0.25, 0.3) is 0 Å². The molecule has 4 rings (SSSR count). The molecule has 2 aliphatic rings. The number of hydrogen-bond acceptors (Lipinski definition) is 0. The molecule has 0 nitrogen and oxygen atoms in total. The van der Waals surface area contributed by atoms with Gasteiger partial charge in [-0.15, -0.1) is 0 Å². The summed E-state index contributed by atoms with van der Waals surface area (Å²) in [6, 6.07) is 20.0. The molecule has 2 fully saturated rings. The monoisotopic (exact) mass is 418 g/mol. The van der Waals surface area contributed by atoms with Gasteiger partial charge in [-0.25, -0.2) is 24.3 Å². The molecule has 25 heavy (non-hydrogen) atoms. The van der Waals surface area contributed by atoms with E-state index in [1.807, 2.05) is 60.7 Å². The summed E-state index contributed by atoms with van der Waals surface area (Å²) in [4.78, 5) is 0. The third-order valence-corrected chi connectivity index (χ3v) is 4.81. The Hall–Kier alpha value is -1.05. The average Bonchev–Trinajstić information content (AvgIpc) is 3.40. The summed E-state index contributed by atoms with van der Waals surface area (Å²) in [5.41, 5.74) is 0. The molecule has 0 radical (unpaired) electrons. The number of hydrogen-bond donors (Lipinski definition) is 0. The van der Waals surface area contributed by atoms with Crippen LogP contribution in [-0.4, -0.2) is 0 Å². The van der Waals surface area contributed by atoms with E-state index in [1.165, 1.54) is 64.2 Å².